The predicted octanol–water partition coefficient (Wildman–Crippen LogP) is 0.898. The molecule has 1 rings (SSSR count). The van der Waals surface area contributed by atoms with E-state index in [-0.39, 0.29) is 22.4 Å². The fourth-order valence-electron chi connectivity index (χ4n) is 1.61. The lowest BCUT2D eigenvalue weighted by molar-refractivity contribution is 0.0829. The highest BCUT2D eigenvalue weighted by Crippen LogP contribution is 2.14. The Kier molecular flexibility index (Phi) is 5.71. The van der Waals surface area contributed by atoms with Gasteiger partial charge in [-0.05, 0) is 18.1 Å². The van der Waals surface area contributed by atoms with Crippen LogP contribution in [0.3, 0.4) is 0 Å². The summed E-state index contributed by atoms with van der Waals surface area (Å²) in [6, 6.07) is 2.61. The Balaban J connectivity index is 2.85. The first kappa shape index (κ1) is 17.9. The number of nitrogens with one attached hydrogen (secondary N) is 1. The first-order valence-electron chi connectivity index (χ1n) is 6.24. The monoisotopic (exact) mass is 336 g/mol. The van der Waals surface area contributed by atoms with E-state index in [0.717, 1.165) is 12.5 Å². The van der Waals surface area contributed by atoms with Gasteiger partial charge < -0.3 is 4.74 Å². The molecule has 0 aliphatic carbocycles. The summed E-state index contributed by atoms with van der Waals surface area (Å²) in [5.41, 5.74) is 0. The van der Waals surface area contributed by atoms with Gasteiger partial charge in [-0.1, -0.05) is 13.8 Å². The molecule has 0 bridgehead atoms. The molecule has 1 N–H and O–H groups in total. The Bertz CT molecular complexity index is 666. The van der Waals surface area contributed by atoms with Crippen LogP contribution in [0, 0.1) is 5.92 Å². The highest BCUT2D eigenvalue weighted by atomic mass is 32.2. The van der Waals surface area contributed by atoms with Crippen molar-refractivity contribution in [3.05, 3.63) is 18.3 Å². The van der Waals surface area contributed by atoms with Crippen LogP contribution in [0.1, 0.15) is 13.8 Å². The van der Waals surface area contributed by atoms with E-state index in [2.05, 4.69) is 9.71 Å². The second-order valence-electron chi connectivity index (χ2n) is 5.05. The highest BCUT2D eigenvalue weighted by Gasteiger charge is 2.22. The summed E-state index contributed by atoms with van der Waals surface area (Å²) >= 11 is 0. The van der Waals surface area contributed by atoms with Gasteiger partial charge in [-0.2, -0.15) is 0 Å². The van der Waals surface area contributed by atoms with Gasteiger partial charge in [0.05, 0.1) is 16.8 Å². The minimum absolute atomic E-state index is 0.0300. The normalized spacial score (nSPS) is 14.1. The molecule has 0 aromatic carbocycles. The average molecular weight is 336 g/mol. The number of methoxy groups -OCH3 is 1. The van der Waals surface area contributed by atoms with Gasteiger partial charge in [0.1, 0.15) is 5.82 Å². The molecule has 0 radical (unpaired) electrons. The molecular formula is C12H20N2O5S2. The summed E-state index contributed by atoms with van der Waals surface area (Å²) in [5.74, 6) is -0.0791. The first-order valence-corrected chi connectivity index (χ1v) is 9.79. The van der Waals surface area contributed by atoms with E-state index in [0.29, 0.717) is 0 Å². The van der Waals surface area contributed by atoms with Gasteiger partial charge in [0.2, 0.25) is 10.0 Å². The van der Waals surface area contributed by atoms with Crippen molar-refractivity contribution in [1.29, 1.82) is 0 Å². The predicted molar refractivity (Wildman–Crippen MR) is 80.4 cm³/mol. The van der Waals surface area contributed by atoms with Crippen LogP contribution in [0.5, 0.6) is 0 Å². The zero-order chi connectivity index (χ0) is 16.3. The maximum absolute atomic E-state index is 12.0. The van der Waals surface area contributed by atoms with Gasteiger partial charge in [-0.25, -0.2) is 21.8 Å². The van der Waals surface area contributed by atoms with Crippen LogP contribution in [0.2, 0.25) is 0 Å². The van der Waals surface area contributed by atoms with Gasteiger partial charge in [-0.3, -0.25) is 4.72 Å². The van der Waals surface area contributed by atoms with Crippen molar-refractivity contribution in [3.8, 4) is 0 Å². The molecule has 1 unspecified atom stereocenters. The molecule has 0 aliphatic rings. The Morgan fingerprint density at radius 3 is 2.24 bits per heavy atom. The smallest absolute Gasteiger partial charge is 0.236 e. The van der Waals surface area contributed by atoms with E-state index in [1.165, 1.54) is 19.2 Å². The second-order valence-corrected chi connectivity index (χ2v) is 8.84. The Morgan fingerprint density at radius 1 is 1.24 bits per heavy atom. The van der Waals surface area contributed by atoms with Gasteiger partial charge in [0.25, 0.3) is 0 Å². The molecule has 7 nitrogen and oxygen atoms in total. The summed E-state index contributed by atoms with van der Waals surface area (Å²) in [4.78, 5) is 3.83. The van der Waals surface area contributed by atoms with Crippen LogP contribution in [0.25, 0.3) is 0 Å². The Morgan fingerprint density at radius 2 is 1.86 bits per heavy atom. The Labute approximate surface area is 125 Å². The number of anilines is 1. The third-order valence-electron chi connectivity index (χ3n) is 2.85. The number of nitrogens with zero attached hydrogens (tertiary/aromatic N) is 1. The minimum atomic E-state index is -3.63. The van der Waals surface area contributed by atoms with Crippen molar-refractivity contribution in [2.24, 2.45) is 5.92 Å². The van der Waals surface area contributed by atoms with Gasteiger partial charge >= 0.3 is 0 Å². The quantitative estimate of drug-likeness (QED) is 0.793. The fraction of sp³-hybridized carbons (Fsp3) is 0.583. The molecule has 0 amide bonds. The standard InChI is InChI=1S/C12H20N2O5S2/c1-9(2)11(19-3)8-21(17,18)14-12-6-5-10(7-13-12)20(4,15)16/h5-7,9,11H,8H2,1-4H3,(H,13,14). The molecule has 0 fully saturated rings. The van der Waals surface area contributed by atoms with Crippen LogP contribution in [-0.4, -0.2) is 47.0 Å². The molecular weight excluding hydrogens is 316 g/mol. The summed E-state index contributed by atoms with van der Waals surface area (Å²) in [6.45, 7) is 3.73. The van der Waals surface area contributed by atoms with Crippen molar-refractivity contribution >= 4 is 25.7 Å². The SMILES string of the molecule is COC(CS(=O)(=O)Nc1ccc(S(C)(=O)=O)cn1)C(C)C. The molecule has 21 heavy (non-hydrogen) atoms. The number of ether oxygens (including phenoxy) is 1. The number of hydrogen-bond donors (Lipinski definition) is 1. The van der Waals surface area contributed by atoms with Crippen molar-refractivity contribution in [1.82, 2.24) is 4.98 Å². The number of sulfone groups is 1. The molecule has 9 heteroatoms. The van der Waals surface area contributed by atoms with Crippen molar-refractivity contribution in [3.63, 3.8) is 0 Å². The molecule has 1 aromatic rings. The lowest BCUT2D eigenvalue weighted by Crippen LogP contribution is -2.31. The highest BCUT2D eigenvalue weighted by molar-refractivity contribution is 7.92. The van der Waals surface area contributed by atoms with Crippen LogP contribution in [-0.2, 0) is 24.6 Å². The molecule has 0 saturated heterocycles. The summed E-state index contributed by atoms with van der Waals surface area (Å²) < 4.78 is 54.0. The minimum Gasteiger partial charge on any atom is -0.380 e. The number of rotatable bonds is 7. The van der Waals surface area contributed by atoms with Gasteiger partial charge in [0, 0.05) is 19.6 Å². The van der Waals surface area contributed by atoms with Crippen molar-refractivity contribution in [2.75, 3.05) is 23.8 Å². The summed E-state index contributed by atoms with van der Waals surface area (Å²) in [7, 11) is -5.53. The maximum Gasteiger partial charge on any atom is 0.236 e. The fourth-order valence-corrected chi connectivity index (χ4v) is 3.65. The molecule has 0 saturated carbocycles. The molecule has 120 valence electrons. The van der Waals surface area contributed by atoms with E-state index in [1.54, 1.807) is 0 Å². The summed E-state index contributed by atoms with van der Waals surface area (Å²) in [5, 5.41) is 0. The number of hydrogen-bond acceptors (Lipinski definition) is 6. The summed E-state index contributed by atoms with van der Waals surface area (Å²) in [6.07, 6.45) is 1.74. The third-order valence-corrected chi connectivity index (χ3v) is 5.24. The van der Waals surface area contributed by atoms with Gasteiger partial charge in [0.15, 0.2) is 9.84 Å². The lowest BCUT2D eigenvalue weighted by atomic mass is 10.1. The molecule has 1 aromatic heterocycles. The molecule has 1 heterocycles. The number of aromatic nitrogens is 1. The zero-order valence-electron chi connectivity index (χ0n) is 12.4. The molecule has 0 spiro atoms. The first-order chi connectivity index (χ1) is 9.55. The van der Waals surface area contributed by atoms with Crippen molar-refractivity contribution < 1.29 is 21.6 Å². The topological polar surface area (TPSA) is 102 Å². The third kappa shape index (κ3) is 5.60. The van der Waals surface area contributed by atoms with E-state index >= 15 is 0 Å². The van der Waals surface area contributed by atoms with E-state index in [4.69, 9.17) is 4.74 Å². The van der Waals surface area contributed by atoms with E-state index < -0.39 is 26.0 Å². The van der Waals surface area contributed by atoms with Gasteiger partial charge in [-0.15, -0.1) is 0 Å². The van der Waals surface area contributed by atoms with Crippen LogP contribution >= 0.6 is 0 Å². The largest absolute Gasteiger partial charge is 0.380 e. The zero-order valence-corrected chi connectivity index (χ0v) is 14.0. The second kappa shape index (κ2) is 6.71. The average Bonchev–Trinajstić information content (AvgIpc) is 2.34. The lowest BCUT2D eigenvalue weighted by Gasteiger charge is -2.19. The van der Waals surface area contributed by atoms with Crippen LogP contribution in [0.15, 0.2) is 23.2 Å². The molecule has 1 atom stereocenters. The maximum atomic E-state index is 12.0. The number of pyridine rings is 1. The number of sulfonamides is 1. The van der Waals surface area contributed by atoms with Crippen LogP contribution in [0.4, 0.5) is 5.82 Å². The van der Waals surface area contributed by atoms with E-state index in [1.807, 2.05) is 13.8 Å². The Hall–Kier alpha value is -1.19. The molecule has 0 aliphatic heterocycles. The van der Waals surface area contributed by atoms with Crippen molar-refractivity contribution in [2.45, 2.75) is 24.8 Å². The van der Waals surface area contributed by atoms with E-state index in [9.17, 15) is 16.8 Å². The van der Waals surface area contributed by atoms with Crippen LogP contribution < -0.4 is 4.72 Å².